The van der Waals surface area contributed by atoms with E-state index < -0.39 is 52.4 Å². The van der Waals surface area contributed by atoms with E-state index in [0.29, 0.717) is 34.1 Å². The molecule has 1 aliphatic rings. The minimum Gasteiger partial charge on any atom is -0.481 e. The first-order valence-electron chi connectivity index (χ1n) is 12.0. The number of nitrogens with zero attached hydrogens (tertiary/aromatic N) is 2. The Morgan fingerprint density at radius 1 is 1.11 bits per heavy atom. The Labute approximate surface area is 228 Å². The lowest BCUT2D eigenvalue weighted by Gasteiger charge is -2.48. The van der Waals surface area contributed by atoms with E-state index in [0.717, 1.165) is 0 Å². The van der Waals surface area contributed by atoms with Crippen molar-refractivity contribution in [2.45, 2.75) is 44.1 Å². The summed E-state index contributed by atoms with van der Waals surface area (Å²) in [6.07, 6.45) is -2.29. The molecule has 0 unspecified atom stereocenters. The number of benzene rings is 2. The zero-order chi connectivity index (χ0) is 27.3. The Kier molecular flexibility index (Phi) is 9.99. The fraction of sp³-hybridized carbons (Fsp3) is 0.462. The van der Waals surface area contributed by atoms with E-state index in [2.05, 4.69) is 0 Å². The van der Waals surface area contributed by atoms with Crippen LogP contribution >= 0.6 is 23.2 Å². The molecular weight excluding hydrogens is 539 g/mol. The highest BCUT2D eigenvalue weighted by Crippen LogP contribution is 2.44. The van der Waals surface area contributed by atoms with E-state index in [1.165, 1.54) is 4.90 Å². The molecule has 11 heteroatoms. The van der Waals surface area contributed by atoms with Crippen molar-refractivity contribution in [2.75, 3.05) is 32.1 Å². The number of aliphatic carboxylic acids is 1. The van der Waals surface area contributed by atoms with E-state index in [4.69, 9.17) is 27.9 Å². The fourth-order valence-corrected chi connectivity index (χ4v) is 6.61. The Bertz CT molecular complexity index is 1210. The van der Waals surface area contributed by atoms with Crippen molar-refractivity contribution in [1.29, 1.82) is 0 Å². The Morgan fingerprint density at radius 2 is 1.78 bits per heavy atom. The van der Waals surface area contributed by atoms with Gasteiger partial charge in [0.05, 0.1) is 24.0 Å². The van der Waals surface area contributed by atoms with Crippen molar-refractivity contribution < 1.29 is 27.9 Å². The molecule has 1 aliphatic heterocycles. The van der Waals surface area contributed by atoms with Crippen LogP contribution in [0.3, 0.4) is 0 Å². The summed E-state index contributed by atoms with van der Waals surface area (Å²) in [7, 11) is 0.0479. The molecule has 1 heterocycles. The van der Waals surface area contributed by atoms with E-state index >= 15 is 0 Å². The number of ether oxygens (including phenoxy) is 1. The molecule has 2 aromatic rings. The second kappa shape index (κ2) is 12.6. The summed E-state index contributed by atoms with van der Waals surface area (Å²) in [6, 6.07) is 12.4. The molecule has 0 aromatic heterocycles. The van der Waals surface area contributed by atoms with Gasteiger partial charge < -0.3 is 19.6 Å². The molecule has 4 atom stereocenters. The molecule has 1 amide bonds. The maximum absolute atomic E-state index is 13.8. The summed E-state index contributed by atoms with van der Waals surface area (Å²) < 4.78 is 32.3. The van der Waals surface area contributed by atoms with Gasteiger partial charge in [-0.1, -0.05) is 54.4 Å². The smallest absolute Gasteiger partial charge is 0.306 e. The van der Waals surface area contributed by atoms with Gasteiger partial charge >= 0.3 is 5.97 Å². The second-order valence-corrected chi connectivity index (χ2v) is 12.5. The molecule has 202 valence electrons. The molecule has 1 fully saturated rings. The fourth-order valence-electron chi connectivity index (χ4n) is 4.49. The number of halogens is 2. The number of sulfone groups is 1. The third-order valence-electron chi connectivity index (χ3n) is 6.34. The summed E-state index contributed by atoms with van der Waals surface area (Å²) in [5.74, 6) is -2.07. The number of hydrogen-bond acceptors (Lipinski definition) is 6. The number of carboxylic acid groups (broad SMARTS) is 1. The van der Waals surface area contributed by atoms with Gasteiger partial charge in [-0.3, -0.25) is 9.59 Å². The van der Waals surface area contributed by atoms with Crippen molar-refractivity contribution in [1.82, 2.24) is 9.80 Å². The summed E-state index contributed by atoms with van der Waals surface area (Å²) in [4.78, 5) is 28.7. The highest BCUT2D eigenvalue weighted by molar-refractivity contribution is 7.91. The summed E-state index contributed by atoms with van der Waals surface area (Å²) in [6.45, 7) is 2.16. The molecule has 8 nitrogen and oxygen atoms in total. The van der Waals surface area contributed by atoms with Crippen LogP contribution in [0.5, 0.6) is 0 Å². The molecule has 0 bridgehead atoms. The molecule has 2 aromatic carbocycles. The molecule has 1 saturated heterocycles. The van der Waals surface area contributed by atoms with Gasteiger partial charge in [0.15, 0.2) is 9.84 Å². The van der Waals surface area contributed by atoms with Gasteiger partial charge in [-0.2, -0.15) is 0 Å². The van der Waals surface area contributed by atoms with Crippen LogP contribution in [-0.2, 0) is 24.2 Å². The van der Waals surface area contributed by atoms with Gasteiger partial charge in [0.2, 0.25) is 0 Å². The van der Waals surface area contributed by atoms with Crippen LogP contribution < -0.4 is 0 Å². The van der Waals surface area contributed by atoms with Crippen LogP contribution in [0.15, 0.2) is 48.5 Å². The molecule has 0 spiro atoms. The average Bonchev–Trinajstić information content (AvgIpc) is 2.83. The Hall–Kier alpha value is -2.17. The third-order valence-corrected chi connectivity index (χ3v) is 8.52. The lowest BCUT2D eigenvalue weighted by molar-refractivity contribution is -0.182. The highest BCUT2D eigenvalue weighted by Gasteiger charge is 2.47. The zero-order valence-electron chi connectivity index (χ0n) is 21.0. The van der Waals surface area contributed by atoms with Crippen molar-refractivity contribution in [3.05, 3.63) is 69.7 Å². The number of rotatable bonds is 11. The van der Waals surface area contributed by atoms with Gasteiger partial charge in [-0.25, -0.2) is 8.42 Å². The highest BCUT2D eigenvalue weighted by atomic mass is 35.5. The summed E-state index contributed by atoms with van der Waals surface area (Å²) >= 11 is 12.4. The average molecular weight is 572 g/mol. The summed E-state index contributed by atoms with van der Waals surface area (Å²) in [5, 5.41) is 10.5. The van der Waals surface area contributed by atoms with Gasteiger partial charge in [0.1, 0.15) is 12.2 Å². The number of morpholine rings is 1. The van der Waals surface area contributed by atoms with E-state index in [9.17, 15) is 23.1 Å². The van der Waals surface area contributed by atoms with Crippen molar-refractivity contribution in [3.8, 4) is 0 Å². The SMILES string of the molecule is CC[C@@H](CS(=O)(=O)CCN(C)C)N1C(=O)[C@@H](CC(=O)O)O[C@H](c2cccc(Cl)c2)[C@H]1c1ccc(Cl)cc1. The quantitative estimate of drug-likeness (QED) is 0.431. The van der Waals surface area contributed by atoms with Gasteiger partial charge in [-0.15, -0.1) is 0 Å². The normalized spacial score (nSPS) is 21.3. The molecule has 0 radical (unpaired) electrons. The largest absolute Gasteiger partial charge is 0.481 e. The maximum atomic E-state index is 13.8. The van der Waals surface area contributed by atoms with Crippen LogP contribution in [-0.4, -0.2) is 79.5 Å². The third kappa shape index (κ3) is 7.67. The lowest BCUT2D eigenvalue weighted by Crippen LogP contribution is -2.56. The van der Waals surface area contributed by atoms with Crippen LogP contribution in [0, 0.1) is 0 Å². The van der Waals surface area contributed by atoms with Crippen molar-refractivity contribution in [2.24, 2.45) is 0 Å². The molecule has 1 N–H and O–H groups in total. The zero-order valence-corrected chi connectivity index (χ0v) is 23.3. The number of carbonyl (C=O) groups is 2. The minimum absolute atomic E-state index is 0.0586. The maximum Gasteiger partial charge on any atom is 0.306 e. The number of amides is 1. The molecule has 3 rings (SSSR count). The van der Waals surface area contributed by atoms with E-state index in [1.807, 2.05) is 6.92 Å². The molecular formula is C26H32Cl2N2O6S. The summed E-state index contributed by atoms with van der Waals surface area (Å²) in [5.41, 5.74) is 1.33. The topological polar surface area (TPSA) is 104 Å². The van der Waals surface area contributed by atoms with Crippen molar-refractivity contribution in [3.63, 3.8) is 0 Å². The van der Waals surface area contributed by atoms with Gasteiger partial charge in [-0.05, 0) is 55.9 Å². The van der Waals surface area contributed by atoms with Crippen LogP contribution in [0.2, 0.25) is 10.0 Å². The predicted octanol–water partition coefficient (Wildman–Crippen LogP) is 4.23. The van der Waals surface area contributed by atoms with Crippen LogP contribution in [0.4, 0.5) is 0 Å². The lowest BCUT2D eigenvalue weighted by atomic mass is 9.89. The van der Waals surface area contributed by atoms with Gasteiger partial charge in [0, 0.05) is 22.6 Å². The molecule has 0 aliphatic carbocycles. The molecule has 0 saturated carbocycles. The Morgan fingerprint density at radius 3 is 2.35 bits per heavy atom. The number of hydrogen-bond donors (Lipinski definition) is 1. The first-order chi connectivity index (χ1) is 17.4. The monoisotopic (exact) mass is 570 g/mol. The Balaban J connectivity index is 2.14. The molecule has 37 heavy (non-hydrogen) atoms. The first kappa shape index (κ1) is 29.4. The standard InChI is InChI=1S/C26H32Cl2N2O6S/c1-4-21(16-37(34,35)13-12-29(2)3)30-24(17-8-10-19(27)11-9-17)25(18-6-5-7-20(28)14-18)36-22(26(30)33)15-23(31)32/h5-11,14,21-22,24-25H,4,12-13,15-16H2,1-3H3,(H,31,32)/t21-,22+,24+,25+/m0/s1. The van der Waals surface area contributed by atoms with E-state index in [-0.39, 0.29) is 11.5 Å². The van der Waals surface area contributed by atoms with Crippen molar-refractivity contribution >= 4 is 44.9 Å². The predicted molar refractivity (Wildman–Crippen MR) is 144 cm³/mol. The minimum atomic E-state index is -3.54. The number of carbonyl (C=O) groups excluding carboxylic acids is 1. The van der Waals surface area contributed by atoms with Crippen LogP contribution in [0.1, 0.15) is 43.0 Å². The van der Waals surface area contributed by atoms with Gasteiger partial charge in [0.25, 0.3) is 5.91 Å². The first-order valence-corrected chi connectivity index (χ1v) is 14.5. The second-order valence-electron chi connectivity index (χ2n) is 9.42. The number of carboxylic acids is 1. The van der Waals surface area contributed by atoms with E-state index in [1.54, 1.807) is 67.5 Å². The van der Waals surface area contributed by atoms with Crippen LogP contribution in [0.25, 0.3) is 0 Å².